The largest absolute Gasteiger partial charge is 0.478 e. The summed E-state index contributed by atoms with van der Waals surface area (Å²) in [5, 5.41) is 8.70. The standard InChI is InChI=1S/C12H22N2O2/c1-11(12(15)16)5-8-13(2)9-10-14-6-3-4-7-14/h5H,3-4,6-10H2,1-2H3,(H,15,16). The molecule has 0 bridgehead atoms. The lowest BCUT2D eigenvalue weighted by Gasteiger charge is -2.20. The van der Waals surface area contributed by atoms with Crippen LogP contribution in [0.4, 0.5) is 0 Å². The summed E-state index contributed by atoms with van der Waals surface area (Å²) in [6, 6.07) is 0. The Bertz CT molecular complexity index is 258. The van der Waals surface area contributed by atoms with Gasteiger partial charge in [-0.15, -0.1) is 0 Å². The molecule has 0 saturated carbocycles. The van der Waals surface area contributed by atoms with Crippen molar-refractivity contribution in [1.29, 1.82) is 0 Å². The van der Waals surface area contributed by atoms with Crippen molar-refractivity contribution < 1.29 is 9.90 Å². The van der Waals surface area contributed by atoms with Crippen molar-refractivity contribution in [2.75, 3.05) is 39.8 Å². The molecular weight excluding hydrogens is 204 g/mol. The maximum absolute atomic E-state index is 10.6. The van der Waals surface area contributed by atoms with Gasteiger partial charge in [0.1, 0.15) is 0 Å². The molecule has 1 aliphatic heterocycles. The monoisotopic (exact) mass is 226 g/mol. The molecule has 4 nitrogen and oxygen atoms in total. The van der Waals surface area contributed by atoms with Crippen molar-refractivity contribution in [3.8, 4) is 0 Å². The van der Waals surface area contributed by atoms with Gasteiger partial charge >= 0.3 is 5.97 Å². The number of likely N-dealkylation sites (N-methyl/N-ethyl adjacent to an activating group) is 1. The second kappa shape index (κ2) is 6.66. The molecule has 1 saturated heterocycles. The number of carboxylic acids is 1. The lowest BCUT2D eigenvalue weighted by atomic mass is 10.3. The van der Waals surface area contributed by atoms with E-state index in [4.69, 9.17) is 5.11 Å². The molecule has 0 radical (unpaired) electrons. The first-order valence-electron chi connectivity index (χ1n) is 5.90. The summed E-state index contributed by atoms with van der Waals surface area (Å²) in [7, 11) is 2.03. The molecule has 0 aliphatic carbocycles. The third-order valence-corrected chi connectivity index (χ3v) is 3.04. The van der Waals surface area contributed by atoms with Crippen molar-refractivity contribution in [3.63, 3.8) is 0 Å². The molecule has 0 aromatic heterocycles. The maximum Gasteiger partial charge on any atom is 0.330 e. The molecule has 0 unspecified atom stereocenters. The number of carboxylic acid groups (broad SMARTS) is 1. The summed E-state index contributed by atoms with van der Waals surface area (Å²) in [4.78, 5) is 15.2. The minimum atomic E-state index is -0.826. The van der Waals surface area contributed by atoms with Crippen LogP contribution in [0, 0.1) is 0 Å². The second-order valence-corrected chi connectivity index (χ2v) is 4.50. The van der Waals surface area contributed by atoms with Crippen molar-refractivity contribution in [2.24, 2.45) is 0 Å². The molecule has 1 N–H and O–H groups in total. The minimum Gasteiger partial charge on any atom is -0.478 e. The van der Waals surface area contributed by atoms with Crippen molar-refractivity contribution in [1.82, 2.24) is 9.80 Å². The molecule has 0 aromatic carbocycles. The number of hydrogen-bond acceptors (Lipinski definition) is 3. The molecule has 0 aromatic rings. The molecule has 1 fully saturated rings. The van der Waals surface area contributed by atoms with Gasteiger partial charge in [-0.3, -0.25) is 0 Å². The number of likely N-dealkylation sites (tertiary alicyclic amines) is 1. The molecule has 1 aliphatic rings. The Morgan fingerprint density at radius 3 is 2.62 bits per heavy atom. The third-order valence-electron chi connectivity index (χ3n) is 3.04. The van der Waals surface area contributed by atoms with E-state index in [2.05, 4.69) is 9.80 Å². The average molecular weight is 226 g/mol. The van der Waals surface area contributed by atoms with Gasteiger partial charge < -0.3 is 14.9 Å². The molecule has 0 amide bonds. The summed E-state index contributed by atoms with van der Waals surface area (Å²) in [6.45, 7) is 6.89. The fourth-order valence-electron chi connectivity index (χ4n) is 1.79. The Kier molecular flexibility index (Phi) is 5.49. The van der Waals surface area contributed by atoms with Crippen LogP contribution in [-0.2, 0) is 4.79 Å². The number of carbonyl (C=O) groups is 1. The van der Waals surface area contributed by atoms with Crippen LogP contribution in [0.3, 0.4) is 0 Å². The van der Waals surface area contributed by atoms with E-state index >= 15 is 0 Å². The maximum atomic E-state index is 10.6. The Morgan fingerprint density at radius 1 is 1.44 bits per heavy atom. The van der Waals surface area contributed by atoms with Crippen LogP contribution in [0.1, 0.15) is 19.8 Å². The SMILES string of the molecule is CC(=CCN(C)CCN1CCCC1)C(=O)O. The number of aliphatic carboxylic acids is 1. The highest BCUT2D eigenvalue weighted by atomic mass is 16.4. The zero-order valence-electron chi connectivity index (χ0n) is 10.3. The second-order valence-electron chi connectivity index (χ2n) is 4.50. The zero-order valence-corrected chi connectivity index (χ0v) is 10.3. The van der Waals surface area contributed by atoms with E-state index in [0.29, 0.717) is 12.1 Å². The van der Waals surface area contributed by atoms with Gasteiger partial charge in [0, 0.05) is 25.2 Å². The topological polar surface area (TPSA) is 43.8 Å². The van der Waals surface area contributed by atoms with Crippen LogP contribution in [0.5, 0.6) is 0 Å². The van der Waals surface area contributed by atoms with Crippen molar-refractivity contribution in [3.05, 3.63) is 11.6 Å². The molecular formula is C12H22N2O2. The highest BCUT2D eigenvalue weighted by molar-refractivity contribution is 5.85. The van der Waals surface area contributed by atoms with Crippen LogP contribution in [0.2, 0.25) is 0 Å². The molecule has 1 rings (SSSR count). The summed E-state index contributed by atoms with van der Waals surface area (Å²) >= 11 is 0. The number of rotatable bonds is 6. The van der Waals surface area contributed by atoms with Crippen LogP contribution in [0.25, 0.3) is 0 Å². The Labute approximate surface area is 97.5 Å². The predicted molar refractivity (Wildman–Crippen MR) is 64.6 cm³/mol. The normalized spacial score (nSPS) is 18.3. The molecule has 4 heteroatoms. The lowest BCUT2D eigenvalue weighted by molar-refractivity contribution is -0.132. The van der Waals surface area contributed by atoms with E-state index in [1.54, 1.807) is 13.0 Å². The zero-order chi connectivity index (χ0) is 12.0. The highest BCUT2D eigenvalue weighted by Gasteiger charge is 2.11. The van der Waals surface area contributed by atoms with Crippen molar-refractivity contribution in [2.45, 2.75) is 19.8 Å². The van der Waals surface area contributed by atoms with E-state index in [1.165, 1.54) is 25.9 Å². The van der Waals surface area contributed by atoms with E-state index < -0.39 is 5.97 Å². The fourth-order valence-corrected chi connectivity index (χ4v) is 1.79. The molecule has 92 valence electrons. The first-order valence-corrected chi connectivity index (χ1v) is 5.90. The summed E-state index contributed by atoms with van der Waals surface area (Å²) in [5.41, 5.74) is 0.424. The van der Waals surface area contributed by atoms with E-state index in [9.17, 15) is 4.79 Å². The summed E-state index contributed by atoms with van der Waals surface area (Å²) in [5.74, 6) is -0.826. The van der Waals surface area contributed by atoms with Gasteiger partial charge in [-0.25, -0.2) is 4.79 Å². The van der Waals surface area contributed by atoms with Crippen molar-refractivity contribution >= 4 is 5.97 Å². The number of hydrogen-bond donors (Lipinski definition) is 1. The Balaban J connectivity index is 2.17. The van der Waals surface area contributed by atoms with Gasteiger partial charge in [0.05, 0.1) is 0 Å². The first-order chi connectivity index (χ1) is 7.59. The Hall–Kier alpha value is -0.870. The molecule has 1 heterocycles. The summed E-state index contributed by atoms with van der Waals surface area (Å²) in [6.07, 6.45) is 4.41. The van der Waals surface area contributed by atoms with Crippen LogP contribution in [-0.4, -0.2) is 60.6 Å². The van der Waals surface area contributed by atoms with Gasteiger partial charge in [-0.05, 0) is 39.9 Å². The third kappa shape index (κ3) is 4.77. The highest BCUT2D eigenvalue weighted by Crippen LogP contribution is 2.06. The van der Waals surface area contributed by atoms with Gasteiger partial charge in [0.25, 0.3) is 0 Å². The molecule has 16 heavy (non-hydrogen) atoms. The summed E-state index contributed by atoms with van der Waals surface area (Å²) < 4.78 is 0. The first kappa shape index (κ1) is 13.2. The van der Waals surface area contributed by atoms with Gasteiger partial charge in [-0.2, -0.15) is 0 Å². The smallest absolute Gasteiger partial charge is 0.330 e. The lowest BCUT2D eigenvalue weighted by Crippen LogP contribution is -2.31. The van der Waals surface area contributed by atoms with Crippen LogP contribution < -0.4 is 0 Å². The van der Waals surface area contributed by atoms with E-state index in [-0.39, 0.29) is 0 Å². The van der Waals surface area contributed by atoms with Gasteiger partial charge in [0.2, 0.25) is 0 Å². The van der Waals surface area contributed by atoms with E-state index in [0.717, 1.165) is 13.1 Å². The van der Waals surface area contributed by atoms with Crippen LogP contribution >= 0.6 is 0 Å². The van der Waals surface area contributed by atoms with Crippen LogP contribution in [0.15, 0.2) is 11.6 Å². The predicted octanol–water partition coefficient (Wildman–Crippen LogP) is 1.04. The van der Waals surface area contributed by atoms with E-state index in [1.807, 2.05) is 7.05 Å². The quantitative estimate of drug-likeness (QED) is 0.687. The molecule has 0 spiro atoms. The molecule has 0 atom stereocenters. The number of nitrogens with zero attached hydrogens (tertiary/aromatic N) is 2. The van der Waals surface area contributed by atoms with Gasteiger partial charge in [0.15, 0.2) is 0 Å². The Morgan fingerprint density at radius 2 is 2.06 bits per heavy atom. The average Bonchev–Trinajstić information content (AvgIpc) is 2.75. The fraction of sp³-hybridized carbons (Fsp3) is 0.750. The minimum absolute atomic E-state index is 0.424. The van der Waals surface area contributed by atoms with Gasteiger partial charge in [-0.1, -0.05) is 6.08 Å².